The van der Waals surface area contributed by atoms with Crippen LogP contribution in [0.15, 0.2) is 59.5 Å². The van der Waals surface area contributed by atoms with Gasteiger partial charge in [0.05, 0.1) is 4.90 Å². The number of nitrogens with one attached hydrogen (secondary N) is 1. The monoisotopic (exact) mass is 219 g/mol. The third-order valence-corrected chi connectivity index (χ3v) is 2.78. The Bertz CT molecular complexity index is 431. The SMILES string of the molecule is Fc1ccccc1SNc1ccccc1. The Morgan fingerprint density at radius 1 is 0.867 bits per heavy atom. The fourth-order valence-corrected chi connectivity index (χ4v) is 1.82. The fourth-order valence-electron chi connectivity index (χ4n) is 1.15. The van der Waals surface area contributed by atoms with Gasteiger partial charge in [0.25, 0.3) is 0 Å². The zero-order valence-electron chi connectivity index (χ0n) is 7.98. The molecule has 0 aromatic heterocycles. The molecule has 0 bridgehead atoms. The highest BCUT2D eigenvalue weighted by Gasteiger charge is 2.00. The third-order valence-electron chi connectivity index (χ3n) is 1.89. The van der Waals surface area contributed by atoms with E-state index in [1.807, 2.05) is 36.4 Å². The van der Waals surface area contributed by atoms with Crippen molar-refractivity contribution in [3.05, 3.63) is 60.4 Å². The highest BCUT2D eigenvalue weighted by Crippen LogP contribution is 2.22. The molecule has 0 fully saturated rings. The van der Waals surface area contributed by atoms with Gasteiger partial charge in [0.1, 0.15) is 5.82 Å². The first-order chi connectivity index (χ1) is 7.36. The van der Waals surface area contributed by atoms with Crippen molar-refractivity contribution in [2.24, 2.45) is 0 Å². The van der Waals surface area contributed by atoms with Gasteiger partial charge >= 0.3 is 0 Å². The van der Waals surface area contributed by atoms with Gasteiger partial charge in [0.15, 0.2) is 0 Å². The summed E-state index contributed by atoms with van der Waals surface area (Å²) in [5, 5.41) is 0. The predicted octanol–water partition coefficient (Wildman–Crippen LogP) is 3.94. The standard InChI is InChI=1S/C12H10FNS/c13-11-8-4-5-9-12(11)15-14-10-6-2-1-3-7-10/h1-9,14H. The van der Waals surface area contributed by atoms with E-state index in [2.05, 4.69) is 4.72 Å². The smallest absolute Gasteiger partial charge is 0.138 e. The first-order valence-corrected chi connectivity index (χ1v) is 5.40. The Morgan fingerprint density at radius 3 is 2.27 bits per heavy atom. The van der Waals surface area contributed by atoms with E-state index in [0.29, 0.717) is 4.90 Å². The molecule has 76 valence electrons. The molecule has 0 aliphatic heterocycles. The number of para-hydroxylation sites is 1. The second-order valence-corrected chi connectivity index (χ2v) is 3.85. The van der Waals surface area contributed by atoms with Gasteiger partial charge in [-0.3, -0.25) is 0 Å². The molecule has 0 atom stereocenters. The Morgan fingerprint density at radius 2 is 1.53 bits per heavy atom. The molecule has 0 spiro atoms. The van der Waals surface area contributed by atoms with Crippen LogP contribution < -0.4 is 4.72 Å². The van der Waals surface area contributed by atoms with Crippen molar-refractivity contribution in [3.63, 3.8) is 0 Å². The highest BCUT2D eigenvalue weighted by molar-refractivity contribution is 8.00. The van der Waals surface area contributed by atoms with E-state index in [9.17, 15) is 4.39 Å². The second-order valence-electron chi connectivity index (χ2n) is 3.00. The summed E-state index contributed by atoms with van der Waals surface area (Å²) in [6.07, 6.45) is 0. The van der Waals surface area contributed by atoms with Gasteiger partial charge in [0, 0.05) is 5.69 Å². The molecule has 2 aromatic carbocycles. The number of rotatable bonds is 3. The number of anilines is 1. The van der Waals surface area contributed by atoms with Crippen LogP contribution >= 0.6 is 11.9 Å². The largest absolute Gasteiger partial charge is 0.326 e. The normalized spacial score (nSPS) is 9.93. The number of benzene rings is 2. The summed E-state index contributed by atoms with van der Waals surface area (Å²) < 4.78 is 16.3. The number of hydrogen-bond donors (Lipinski definition) is 1. The molecule has 0 aliphatic rings. The van der Waals surface area contributed by atoms with Crippen molar-refractivity contribution >= 4 is 17.6 Å². The lowest BCUT2D eigenvalue weighted by Gasteiger charge is -2.05. The Balaban J connectivity index is 2.03. The van der Waals surface area contributed by atoms with Gasteiger partial charge in [-0.15, -0.1) is 0 Å². The van der Waals surface area contributed by atoms with Crippen LogP contribution in [0.2, 0.25) is 0 Å². The first-order valence-electron chi connectivity index (χ1n) is 4.59. The maximum absolute atomic E-state index is 13.2. The summed E-state index contributed by atoms with van der Waals surface area (Å²) in [5.74, 6) is -0.203. The molecule has 1 N–H and O–H groups in total. The lowest BCUT2D eigenvalue weighted by atomic mass is 10.3. The molecule has 3 heteroatoms. The van der Waals surface area contributed by atoms with Crippen LogP contribution in [0.1, 0.15) is 0 Å². The molecule has 0 radical (unpaired) electrons. The summed E-state index contributed by atoms with van der Waals surface area (Å²) in [7, 11) is 0. The molecule has 1 nitrogen and oxygen atoms in total. The second kappa shape index (κ2) is 4.84. The van der Waals surface area contributed by atoms with Crippen LogP contribution in [-0.2, 0) is 0 Å². The zero-order valence-corrected chi connectivity index (χ0v) is 8.80. The summed E-state index contributed by atoms with van der Waals surface area (Å²) in [6, 6.07) is 16.4. The molecular weight excluding hydrogens is 209 g/mol. The van der Waals surface area contributed by atoms with E-state index in [1.54, 1.807) is 12.1 Å². The topological polar surface area (TPSA) is 12.0 Å². The van der Waals surface area contributed by atoms with E-state index in [4.69, 9.17) is 0 Å². The van der Waals surface area contributed by atoms with Crippen LogP contribution in [0.5, 0.6) is 0 Å². The minimum absolute atomic E-state index is 0.203. The van der Waals surface area contributed by atoms with Crippen LogP contribution in [0.25, 0.3) is 0 Å². The number of halogens is 1. The van der Waals surface area contributed by atoms with E-state index < -0.39 is 0 Å². The summed E-state index contributed by atoms with van der Waals surface area (Å²) in [5.41, 5.74) is 0.964. The maximum atomic E-state index is 13.2. The highest BCUT2D eigenvalue weighted by atomic mass is 32.2. The van der Waals surface area contributed by atoms with Crippen molar-refractivity contribution in [3.8, 4) is 0 Å². The molecule has 0 saturated carbocycles. The van der Waals surface area contributed by atoms with Crippen molar-refractivity contribution in [1.82, 2.24) is 0 Å². The molecule has 0 unspecified atom stereocenters. The summed E-state index contributed by atoms with van der Waals surface area (Å²) in [4.78, 5) is 0.598. The van der Waals surface area contributed by atoms with Crippen molar-refractivity contribution in [2.45, 2.75) is 4.90 Å². The fraction of sp³-hybridized carbons (Fsp3) is 0. The molecule has 15 heavy (non-hydrogen) atoms. The van der Waals surface area contributed by atoms with Gasteiger partial charge in [-0.05, 0) is 36.2 Å². The van der Waals surface area contributed by atoms with Gasteiger partial charge in [-0.1, -0.05) is 30.3 Å². The Kier molecular flexibility index (Phi) is 3.25. The maximum Gasteiger partial charge on any atom is 0.138 e. The minimum Gasteiger partial charge on any atom is -0.326 e. The predicted molar refractivity (Wildman–Crippen MR) is 62.3 cm³/mol. The zero-order chi connectivity index (χ0) is 10.5. The van der Waals surface area contributed by atoms with Gasteiger partial charge in [-0.2, -0.15) is 0 Å². The van der Waals surface area contributed by atoms with Crippen molar-refractivity contribution in [2.75, 3.05) is 4.72 Å². The lowest BCUT2D eigenvalue weighted by molar-refractivity contribution is 0.602. The molecule has 0 heterocycles. The number of hydrogen-bond acceptors (Lipinski definition) is 2. The lowest BCUT2D eigenvalue weighted by Crippen LogP contribution is -1.88. The first kappa shape index (κ1) is 10.1. The van der Waals surface area contributed by atoms with E-state index in [0.717, 1.165) is 5.69 Å². The van der Waals surface area contributed by atoms with E-state index in [1.165, 1.54) is 18.0 Å². The van der Waals surface area contributed by atoms with Crippen LogP contribution in [0, 0.1) is 5.82 Å². The molecular formula is C12H10FNS. The van der Waals surface area contributed by atoms with Gasteiger partial charge in [-0.25, -0.2) is 4.39 Å². The van der Waals surface area contributed by atoms with Crippen LogP contribution in [-0.4, -0.2) is 0 Å². The molecule has 2 rings (SSSR count). The van der Waals surface area contributed by atoms with Crippen molar-refractivity contribution < 1.29 is 4.39 Å². The van der Waals surface area contributed by atoms with E-state index in [-0.39, 0.29) is 5.82 Å². The summed E-state index contributed by atoms with van der Waals surface area (Å²) >= 11 is 1.28. The van der Waals surface area contributed by atoms with Crippen LogP contribution in [0.3, 0.4) is 0 Å². The molecule has 0 amide bonds. The van der Waals surface area contributed by atoms with Crippen LogP contribution in [0.4, 0.5) is 10.1 Å². The Labute approximate surface area is 92.5 Å². The Hall–Kier alpha value is -1.48. The van der Waals surface area contributed by atoms with Gasteiger partial charge < -0.3 is 4.72 Å². The van der Waals surface area contributed by atoms with Crippen molar-refractivity contribution in [1.29, 1.82) is 0 Å². The molecule has 2 aromatic rings. The molecule has 0 saturated heterocycles. The average molecular weight is 219 g/mol. The third kappa shape index (κ3) is 2.73. The average Bonchev–Trinajstić information content (AvgIpc) is 2.29. The van der Waals surface area contributed by atoms with Gasteiger partial charge in [0.2, 0.25) is 0 Å². The minimum atomic E-state index is -0.203. The molecule has 0 aliphatic carbocycles. The summed E-state index contributed by atoms with van der Waals surface area (Å²) in [6.45, 7) is 0. The quantitative estimate of drug-likeness (QED) is 0.784. The van der Waals surface area contributed by atoms with E-state index >= 15 is 0 Å².